The molecule has 0 atom stereocenters. The van der Waals surface area contributed by atoms with E-state index < -0.39 is 16.3 Å². The molecule has 0 saturated carbocycles. The van der Waals surface area contributed by atoms with Gasteiger partial charge >= 0.3 is 49.5 Å². The molecule has 11 heavy (non-hydrogen) atoms. The van der Waals surface area contributed by atoms with E-state index in [1.165, 1.54) is 0 Å². The first-order valence-electron chi connectivity index (χ1n) is 2.67. The summed E-state index contributed by atoms with van der Waals surface area (Å²) in [5.41, 5.74) is 0. The zero-order valence-electron chi connectivity index (χ0n) is 5.40. The molecule has 0 nitrogen and oxygen atoms in total. The largest absolute Gasteiger partial charge is 0.0622 e. The minimum Gasteiger partial charge on any atom is -0.0622 e. The summed E-state index contributed by atoms with van der Waals surface area (Å²) in [5, 5.41) is 0. The van der Waals surface area contributed by atoms with Gasteiger partial charge in [0.1, 0.15) is 0 Å². The first kappa shape index (κ1) is 12.3. The van der Waals surface area contributed by atoms with Gasteiger partial charge in [0, 0.05) is 0 Å². The summed E-state index contributed by atoms with van der Waals surface area (Å²) in [6, 6.07) is 12.5. The smallest absolute Gasteiger partial charge is 0.0184 e. The molecule has 0 N–H and O–H groups in total. The Morgan fingerprint density at radius 3 is 1.27 bits per heavy atom. The maximum absolute atomic E-state index is 5.05. The Labute approximate surface area is 84.9 Å². The fraction of sp³-hybridized carbons (Fsp3) is 0. The van der Waals surface area contributed by atoms with E-state index in [-0.39, 0.29) is 0 Å². The Morgan fingerprint density at radius 1 is 0.818 bits per heavy atom. The maximum Gasteiger partial charge on any atom is -0.0184 e. The SMILES string of the molecule is [Cl][Pb]([Cl])([Cl])[Cl].[c]1ccccc1. The van der Waals surface area contributed by atoms with Gasteiger partial charge in [0.05, 0.1) is 0 Å². The van der Waals surface area contributed by atoms with E-state index in [2.05, 4.69) is 6.07 Å². The molecule has 1 aromatic rings. The Bertz CT molecular complexity index is 139. The quantitative estimate of drug-likeness (QED) is 0.553. The molecule has 0 aliphatic rings. The van der Waals surface area contributed by atoms with Crippen molar-refractivity contribution in [2.45, 2.75) is 0 Å². The van der Waals surface area contributed by atoms with Crippen LogP contribution in [0.4, 0.5) is 0 Å². The fourth-order valence-electron chi connectivity index (χ4n) is 0.342. The first-order valence-corrected chi connectivity index (χ1v) is 21.8. The molecule has 1 radical (unpaired) electrons. The van der Waals surface area contributed by atoms with Gasteiger partial charge in [-0.2, -0.15) is 0 Å². The molecule has 5 heteroatoms. The predicted molar refractivity (Wildman–Crippen MR) is 54.4 cm³/mol. The third kappa shape index (κ3) is 18.3. The van der Waals surface area contributed by atoms with Crippen LogP contribution in [0.3, 0.4) is 0 Å². The van der Waals surface area contributed by atoms with Crippen molar-refractivity contribution in [1.82, 2.24) is 0 Å². The normalized spacial score (nSPS) is 9.82. The zero-order chi connectivity index (χ0) is 8.74. The van der Waals surface area contributed by atoms with Crippen molar-refractivity contribution >= 4 is 49.5 Å². The average molecular weight is 426 g/mol. The monoisotopic (exact) mass is 425 g/mol. The van der Waals surface area contributed by atoms with Crippen LogP contribution in [0.1, 0.15) is 0 Å². The Hall–Kier alpha value is 1.30. The van der Waals surface area contributed by atoms with Crippen LogP contribution >= 0.6 is 33.3 Å². The third-order valence-electron chi connectivity index (χ3n) is 0.607. The molecule has 0 bridgehead atoms. The van der Waals surface area contributed by atoms with Gasteiger partial charge in [-0.3, -0.25) is 0 Å². The van der Waals surface area contributed by atoms with Gasteiger partial charge in [0.25, 0.3) is 0 Å². The molecule has 0 saturated heterocycles. The topological polar surface area (TPSA) is 0 Å². The second-order valence-corrected chi connectivity index (χ2v) is 34.9. The van der Waals surface area contributed by atoms with Gasteiger partial charge in [-0.15, -0.1) is 0 Å². The van der Waals surface area contributed by atoms with Crippen molar-refractivity contribution in [3.05, 3.63) is 36.4 Å². The van der Waals surface area contributed by atoms with Crippen LogP contribution in [0.5, 0.6) is 0 Å². The molecular formula is C6H5Cl4Pb. The molecule has 61 valence electrons. The van der Waals surface area contributed by atoms with E-state index >= 15 is 0 Å². The second kappa shape index (κ2) is 6.78. The summed E-state index contributed by atoms with van der Waals surface area (Å²) in [7, 11) is 20.2. The van der Waals surface area contributed by atoms with Crippen molar-refractivity contribution in [2.24, 2.45) is 0 Å². The van der Waals surface area contributed by atoms with Crippen molar-refractivity contribution in [3.63, 3.8) is 0 Å². The Balaban J connectivity index is 0.000000187. The van der Waals surface area contributed by atoms with Gasteiger partial charge in [0.2, 0.25) is 0 Å². The van der Waals surface area contributed by atoms with Crippen LogP contribution < -0.4 is 0 Å². The summed E-state index contributed by atoms with van der Waals surface area (Å²) in [6.45, 7) is 0. The predicted octanol–water partition coefficient (Wildman–Crippen LogP) is 3.86. The van der Waals surface area contributed by atoms with Crippen molar-refractivity contribution < 1.29 is 0 Å². The Kier molecular flexibility index (Phi) is 7.58. The van der Waals surface area contributed by atoms with Gasteiger partial charge in [-0.05, 0) is 6.07 Å². The summed E-state index contributed by atoms with van der Waals surface area (Å²) < 4.78 is 0. The summed E-state index contributed by atoms with van der Waals surface area (Å²) >= 11 is -3.39. The molecule has 1 rings (SSSR count). The van der Waals surface area contributed by atoms with E-state index in [9.17, 15) is 0 Å². The minimum atomic E-state index is -3.39. The van der Waals surface area contributed by atoms with E-state index in [0.29, 0.717) is 0 Å². The van der Waals surface area contributed by atoms with Crippen LogP contribution in [-0.2, 0) is 0 Å². The molecule has 1 aromatic carbocycles. The molecular weight excluding hydrogens is 421 g/mol. The van der Waals surface area contributed by atoms with Gasteiger partial charge in [0.15, 0.2) is 0 Å². The van der Waals surface area contributed by atoms with E-state index in [1.807, 2.05) is 30.3 Å². The second-order valence-electron chi connectivity index (χ2n) is 1.51. The number of hydrogen-bond acceptors (Lipinski definition) is 0. The van der Waals surface area contributed by atoms with Crippen molar-refractivity contribution in [2.75, 3.05) is 0 Å². The molecule has 0 spiro atoms. The molecule has 0 aliphatic carbocycles. The molecule has 0 fully saturated rings. The van der Waals surface area contributed by atoms with Crippen LogP contribution in [0.25, 0.3) is 0 Å². The third-order valence-corrected chi connectivity index (χ3v) is 0.607. The first-order chi connectivity index (χ1) is 5.00. The molecule has 0 amide bonds. The van der Waals surface area contributed by atoms with E-state index in [0.717, 1.165) is 0 Å². The average Bonchev–Trinajstić information content (AvgIpc) is 1.88. The molecule has 0 unspecified atom stereocenters. The van der Waals surface area contributed by atoms with E-state index in [1.54, 1.807) is 0 Å². The maximum atomic E-state index is 5.05. The van der Waals surface area contributed by atoms with Crippen LogP contribution in [0.15, 0.2) is 30.3 Å². The summed E-state index contributed by atoms with van der Waals surface area (Å²) in [4.78, 5) is 0. The van der Waals surface area contributed by atoms with Crippen molar-refractivity contribution in [1.29, 1.82) is 0 Å². The van der Waals surface area contributed by atoms with Crippen LogP contribution in [0.2, 0.25) is 0 Å². The van der Waals surface area contributed by atoms with Gasteiger partial charge in [-0.25, -0.2) is 0 Å². The summed E-state index contributed by atoms with van der Waals surface area (Å²) in [5.74, 6) is 0. The Morgan fingerprint density at radius 2 is 1.18 bits per heavy atom. The molecule has 0 aromatic heterocycles. The summed E-state index contributed by atoms with van der Waals surface area (Å²) in [6.07, 6.45) is 0. The standard InChI is InChI=1S/C6H5.4ClH.Pb/c1-2-4-6-5-3-1;;;;;/h1-5H;4*1H;/q;;;;;+4/p-4. The fourth-order valence-corrected chi connectivity index (χ4v) is 0.342. The minimum absolute atomic E-state index is 1.88. The number of rotatable bonds is 0. The van der Waals surface area contributed by atoms with Crippen LogP contribution in [-0.4, -0.2) is 16.3 Å². The van der Waals surface area contributed by atoms with Gasteiger partial charge < -0.3 is 0 Å². The van der Waals surface area contributed by atoms with Crippen molar-refractivity contribution in [3.8, 4) is 0 Å². The molecule has 0 heterocycles. The number of benzene rings is 1. The number of halogens is 4. The van der Waals surface area contributed by atoms with Crippen LogP contribution in [0, 0.1) is 6.07 Å². The van der Waals surface area contributed by atoms with E-state index in [4.69, 9.17) is 33.3 Å². The zero-order valence-corrected chi connectivity index (χ0v) is 12.3. The van der Waals surface area contributed by atoms with Gasteiger partial charge in [-0.1, -0.05) is 30.3 Å². The number of hydrogen-bond donors (Lipinski definition) is 0. The molecule has 0 aliphatic heterocycles.